The van der Waals surface area contributed by atoms with E-state index >= 15 is 0 Å². The first-order valence-electron chi connectivity index (χ1n) is 8.08. The zero-order chi connectivity index (χ0) is 17.3. The SMILES string of the molecule is CN=C(NCCCOc1c(C)cccc1C)NCC(C)(C)OC. The van der Waals surface area contributed by atoms with Gasteiger partial charge in [0.15, 0.2) is 5.96 Å². The summed E-state index contributed by atoms with van der Waals surface area (Å²) in [6, 6.07) is 6.20. The Morgan fingerprint density at radius 3 is 2.39 bits per heavy atom. The molecule has 0 amide bonds. The molecule has 0 aliphatic rings. The van der Waals surface area contributed by atoms with Crippen molar-refractivity contribution in [1.82, 2.24) is 10.6 Å². The Morgan fingerprint density at radius 2 is 1.83 bits per heavy atom. The maximum absolute atomic E-state index is 5.89. The van der Waals surface area contributed by atoms with Crippen molar-refractivity contribution in [2.45, 2.75) is 39.7 Å². The average Bonchev–Trinajstić information content (AvgIpc) is 2.52. The lowest BCUT2D eigenvalue weighted by atomic mass is 10.1. The van der Waals surface area contributed by atoms with Crippen LogP contribution in [-0.4, -0.2) is 45.4 Å². The molecule has 0 radical (unpaired) electrons. The van der Waals surface area contributed by atoms with Gasteiger partial charge in [-0.2, -0.15) is 0 Å². The lowest BCUT2D eigenvalue weighted by Gasteiger charge is -2.24. The molecule has 0 atom stereocenters. The molecule has 0 spiro atoms. The van der Waals surface area contributed by atoms with Crippen LogP contribution in [0.25, 0.3) is 0 Å². The molecular formula is C18H31N3O2. The van der Waals surface area contributed by atoms with E-state index in [9.17, 15) is 0 Å². The highest BCUT2D eigenvalue weighted by Gasteiger charge is 2.16. The summed E-state index contributed by atoms with van der Waals surface area (Å²) in [5.74, 6) is 1.78. The molecule has 0 saturated heterocycles. The summed E-state index contributed by atoms with van der Waals surface area (Å²) in [4.78, 5) is 4.21. The molecule has 0 saturated carbocycles. The van der Waals surface area contributed by atoms with Gasteiger partial charge in [-0.15, -0.1) is 0 Å². The smallest absolute Gasteiger partial charge is 0.191 e. The Hall–Kier alpha value is -1.75. The van der Waals surface area contributed by atoms with Gasteiger partial charge in [0, 0.05) is 27.2 Å². The molecule has 0 bridgehead atoms. The second-order valence-electron chi connectivity index (χ2n) is 6.24. The Kier molecular flexibility index (Phi) is 7.89. The number of guanidine groups is 1. The van der Waals surface area contributed by atoms with E-state index in [4.69, 9.17) is 9.47 Å². The van der Waals surface area contributed by atoms with Crippen LogP contribution in [0.5, 0.6) is 5.75 Å². The topological polar surface area (TPSA) is 54.9 Å². The van der Waals surface area contributed by atoms with Crippen molar-refractivity contribution in [3.63, 3.8) is 0 Å². The van der Waals surface area contributed by atoms with Crippen molar-refractivity contribution >= 4 is 5.96 Å². The van der Waals surface area contributed by atoms with Crippen molar-refractivity contribution in [2.24, 2.45) is 4.99 Å². The Morgan fingerprint density at radius 1 is 1.17 bits per heavy atom. The first kappa shape index (κ1) is 19.3. The predicted molar refractivity (Wildman–Crippen MR) is 96.5 cm³/mol. The number of nitrogens with zero attached hydrogens (tertiary/aromatic N) is 1. The molecule has 5 nitrogen and oxygen atoms in total. The summed E-state index contributed by atoms with van der Waals surface area (Å²) in [7, 11) is 3.48. The fraction of sp³-hybridized carbons (Fsp3) is 0.611. The summed E-state index contributed by atoms with van der Waals surface area (Å²) in [5.41, 5.74) is 2.14. The summed E-state index contributed by atoms with van der Waals surface area (Å²) in [5, 5.41) is 6.55. The van der Waals surface area contributed by atoms with Crippen molar-refractivity contribution in [2.75, 3.05) is 33.9 Å². The van der Waals surface area contributed by atoms with Gasteiger partial charge in [0.2, 0.25) is 0 Å². The van der Waals surface area contributed by atoms with Gasteiger partial charge in [0.1, 0.15) is 5.75 Å². The fourth-order valence-electron chi connectivity index (χ4n) is 2.07. The van der Waals surface area contributed by atoms with Gasteiger partial charge in [0.25, 0.3) is 0 Å². The zero-order valence-electron chi connectivity index (χ0n) is 15.3. The molecule has 23 heavy (non-hydrogen) atoms. The van der Waals surface area contributed by atoms with Crippen molar-refractivity contribution in [3.05, 3.63) is 29.3 Å². The molecule has 0 aromatic heterocycles. The Balaban J connectivity index is 2.28. The number of hydrogen-bond acceptors (Lipinski definition) is 3. The molecular weight excluding hydrogens is 290 g/mol. The minimum atomic E-state index is -0.219. The van der Waals surface area contributed by atoms with E-state index in [1.165, 1.54) is 11.1 Å². The molecule has 0 heterocycles. The van der Waals surface area contributed by atoms with Crippen LogP contribution in [0.4, 0.5) is 0 Å². The number of rotatable bonds is 8. The molecule has 0 fully saturated rings. The molecule has 1 aromatic rings. The monoisotopic (exact) mass is 321 g/mol. The number of aryl methyl sites for hydroxylation is 2. The van der Waals surface area contributed by atoms with E-state index < -0.39 is 0 Å². The number of nitrogens with one attached hydrogen (secondary N) is 2. The highest BCUT2D eigenvalue weighted by atomic mass is 16.5. The number of para-hydroxylation sites is 1. The van der Waals surface area contributed by atoms with Gasteiger partial charge in [-0.05, 0) is 45.2 Å². The van der Waals surface area contributed by atoms with Gasteiger partial charge < -0.3 is 20.1 Å². The highest BCUT2D eigenvalue weighted by Crippen LogP contribution is 2.22. The van der Waals surface area contributed by atoms with Gasteiger partial charge in [0.05, 0.1) is 12.2 Å². The van der Waals surface area contributed by atoms with E-state index in [1.54, 1.807) is 14.2 Å². The number of hydrogen-bond donors (Lipinski definition) is 2. The van der Waals surface area contributed by atoms with Crippen LogP contribution in [0.1, 0.15) is 31.4 Å². The second kappa shape index (κ2) is 9.40. The molecule has 1 rings (SSSR count). The van der Waals surface area contributed by atoms with E-state index in [-0.39, 0.29) is 5.60 Å². The maximum atomic E-state index is 5.89. The lowest BCUT2D eigenvalue weighted by molar-refractivity contribution is 0.0268. The van der Waals surface area contributed by atoms with Crippen LogP contribution in [-0.2, 0) is 4.74 Å². The quantitative estimate of drug-likeness (QED) is 0.439. The van der Waals surface area contributed by atoms with Crippen LogP contribution in [0.3, 0.4) is 0 Å². The third-order valence-corrected chi connectivity index (χ3v) is 3.73. The van der Waals surface area contributed by atoms with E-state index in [1.807, 2.05) is 13.8 Å². The highest BCUT2D eigenvalue weighted by molar-refractivity contribution is 5.79. The number of methoxy groups -OCH3 is 1. The van der Waals surface area contributed by atoms with Gasteiger partial charge in [-0.25, -0.2) is 0 Å². The van der Waals surface area contributed by atoms with Crippen molar-refractivity contribution < 1.29 is 9.47 Å². The Bertz CT molecular complexity index is 493. The first-order valence-corrected chi connectivity index (χ1v) is 8.08. The normalized spacial score (nSPS) is 12.2. The molecule has 0 aliphatic carbocycles. The first-order chi connectivity index (χ1) is 10.9. The van der Waals surface area contributed by atoms with Gasteiger partial charge in [-0.1, -0.05) is 18.2 Å². The fourth-order valence-corrected chi connectivity index (χ4v) is 2.07. The van der Waals surface area contributed by atoms with E-state index in [0.717, 1.165) is 24.7 Å². The van der Waals surface area contributed by atoms with Crippen LogP contribution in [0.2, 0.25) is 0 Å². The summed E-state index contributed by atoms with van der Waals surface area (Å²) < 4.78 is 11.3. The number of ether oxygens (including phenoxy) is 2. The largest absolute Gasteiger partial charge is 0.493 e. The number of aliphatic imine (C=N–C) groups is 1. The summed E-state index contributed by atoms with van der Waals surface area (Å²) >= 11 is 0. The van der Waals surface area contributed by atoms with Crippen LogP contribution >= 0.6 is 0 Å². The minimum absolute atomic E-state index is 0.219. The lowest BCUT2D eigenvalue weighted by Crippen LogP contribution is -2.45. The molecule has 1 aromatic carbocycles. The van der Waals surface area contributed by atoms with Crippen molar-refractivity contribution in [3.8, 4) is 5.75 Å². The van der Waals surface area contributed by atoms with Crippen molar-refractivity contribution in [1.29, 1.82) is 0 Å². The van der Waals surface area contributed by atoms with Gasteiger partial charge >= 0.3 is 0 Å². The van der Waals surface area contributed by atoms with Crippen LogP contribution in [0.15, 0.2) is 23.2 Å². The molecule has 0 unspecified atom stereocenters. The zero-order valence-corrected chi connectivity index (χ0v) is 15.3. The summed E-state index contributed by atoms with van der Waals surface area (Å²) in [6.45, 7) is 10.4. The predicted octanol–water partition coefficient (Wildman–Crippen LogP) is 2.66. The number of benzene rings is 1. The standard InChI is InChI=1S/C18H31N3O2/c1-14-9-7-10-15(2)16(14)23-12-8-11-20-17(19-5)21-13-18(3,4)22-6/h7,9-10H,8,11-13H2,1-6H3,(H2,19,20,21). The van der Waals surface area contributed by atoms with Crippen LogP contribution in [0, 0.1) is 13.8 Å². The Labute approximate surface area is 140 Å². The van der Waals surface area contributed by atoms with Crippen LogP contribution < -0.4 is 15.4 Å². The summed E-state index contributed by atoms with van der Waals surface area (Å²) in [6.07, 6.45) is 0.905. The maximum Gasteiger partial charge on any atom is 0.191 e. The molecule has 130 valence electrons. The second-order valence-corrected chi connectivity index (χ2v) is 6.24. The third kappa shape index (κ3) is 6.91. The molecule has 5 heteroatoms. The average molecular weight is 321 g/mol. The van der Waals surface area contributed by atoms with Gasteiger partial charge in [-0.3, -0.25) is 4.99 Å². The van der Waals surface area contributed by atoms with E-state index in [2.05, 4.69) is 47.7 Å². The molecule has 2 N–H and O–H groups in total. The molecule has 0 aliphatic heterocycles. The van der Waals surface area contributed by atoms with E-state index in [0.29, 0.717) is 13.2 Å². The minimum Gasteiger partial charge on any atom is -0.493 e. The third-order valence-electron chi connectivity index (χ3n) is 3.73.